The van der Waals surface area contributed by atoms with E-state index in [1.54, 1.807) is 30.3 Å². The number of nitrogens with zero attached hydrogens (tertiary/aromatic N) is 3. The van der Waals surface area contributed by atoms with E-state index < -0.39 is 42.1 Å². The number of benzene rings is 1. The van der Waals surface area contributed by atoms with Gasteiger partial charge in [0.15, 0.2) is 28.7 Å². The Labute approximate surface area is 209 Å². The van der Waals surface area contributed by atoms with Crippen LogP contribution < -0.4 is 5.32 Å². The minimum absolute atomic E-state index is 0.00534. The van der Waals surface area contributed by atoms with Gasteiger partial charge in [-0.05, 0) is 31.5 Å². The summed E-state index contributed by atoms with van der Waals surface area (Å²) in [6.45, 7) is 4.04. The summed E-state index contributed by atoms with van der Waals surface area (Å²) in [6.07, 6.45) is -1.27. The van der Waals surface area contributed by atoms with E-state index >= 15 is 0 Å². The van der Waals surface area contributed by atoms with Crippen molar-refractivity contribution in [3.05, 3.63) is 63.3 Å². The molecule has 1 aromatic carbocycles. The number of amidine groups is 1. The molecular weight excluding hydrogens is 498 g/mol. The number of morpholine rings is 1. The number of carboxylic acid groups (broad SMARTS) is 1. The van der Waals surface area contributed by atoms with Crippen molar-refractivity contribution in [2.45, 2.75) is 32.2 Å². The number of carbonyl (C=O) groups is 2. The molecule has 2 aliphatic rings. The zero-order valence-corrected chi connectivity index (χ0v) is 20.3. The monoisotopic (exact) mass is 522 g/mol. The van der Waals surface area contributed by atoms with Gasteiger partial charge in [-0.1, -0.05) is 6.07 Å². The number of aliphatic imine (C=N–C) groups is 1. The molecule has 3 heterocycles. The van der Waals surface area contributed by atoms with Crippen LogP contribution in [0.15, 0.2) is 46.0 Å². The maximum Gasteiger partial charge on any atom is 0.507 e. The lowest BCUT2D eigenvalue weighted by molar-refractivity contribution is -0.143. The van der Waals surface area contributed by atoms with Gasteiger partial charge in [0.2, 0.25) is 0 Å². The van der Waals surface area contributed by atoms with Crippen molar-refractivity contribution in [1.29, 1.82) is 0 Å². The number of rotatable bonds is 7. The number of ether oxygens (including phenoxy) is 3. The van der Waals surface area contributed by atoms with Gasteiger partial charge in [-0.3, -0.25) is 9.89 Å². The van der Waals surface area contributed by atoms with E-state index in [0.717, 1.165) is 12.1 Å². The van der Waals surface area contributed by atoms with E-state index in [-0.39, 0.29) is 24.3 Å². The van der Waals surface area contributed by atoms with Gasteiger partial charge in [0.1, 0.15) is 6.04 Å². The van der Waals surface area contributed by atoms with Crippen LogP contribution in [0.25, 0.3) is 0 Å². The Hall–Kier alpha value is -3.42. The average molecular weight is 523 g/mol. The van der Waals surface area contributed by atoms with Crippen LogP contribution in [-0.2, 0) is 19.0 Å². The molecule has 13 heteroatoms. The van der Waals surface area contributed by atoms with Gasteiger partial charge in [0, 0.05) is 30.4 Å². The van der Waals surface area contributed by atoms with Gasteiger partial charge >= 0.3 is 12.1 Å². The number of esters is 1. The largest absolute Gasteiger partial charge is 0.507 e. The van der Waals surface area contributed by atoms with Crippen molar-refractivity contribution in [3.8, 4) is 0 Å². The third-order valence-electron chi connectivity index (χ3n) is 5.37. The summed E-state index contributed by atoms with van der Waals surface area (Å²) < 4.78 is 43.7. The van der Waals surface area contributed by atoms with Gasteiger partial charge in [-0.25, -0.2) is 23.4 Å². The summed E-state index contributed by atoms with van der Waals surface area (Å²) in [7, 11) is 0. The lowest BCUT2D eigenvalue weighted by Crippen LogP contribution is -2.50. The van der Waals surface area contributed by atoms with Gasteiger partial charge < -0.3 is 24.6 Å². The van der Waals surface area contributed by atoms with Crippen LogP contribution in [0.3, 0.4) is 0 Å². The van der Waals surface area contributed by atoms with Crippen molar-refractivity contribution in [2.24, 2.45) is 4.99 Å². The molecule has 192 valence electrons. The Morgan fingerprint density at radius 1 is 1.33 bits per heavy atom. The van der Waals surface area contributed by atoms with Crippen molar-refractivity contribution < 1.29 is 37.7 Å². The predicted octanol–water partition coefficient (Wildman–Crippen LogP) is 3.07. The fraction of sp³-hybridized carbons (Fsp3) is 0.391. The molecule has 0 saturated carbocycles. The Kier molecular flexibility index (Phi) is 7.91. The Morgan fingerprint density at radius 2 is 2.14 bits per heavy atom. The Bertz CT molecular complexity index is 1190. The van der Waals surface area contributed by atoms with Crippen LogP contribution >= 0.6 is 11.3 Å². The highest BCUT2D eigenvalue weighted by Crippen LogP contribution is 2.34. The van der Waals surface area contributed by atoms with Gasteiger partial charge in [-0.2, -0.15) is 0 Å². The van der Waals surface area contributed by atoms with Crippen molar-refractivity contribution in [2.75, 3.05) is 26.3 Å². The molecule has 0 aliphatic carbocycles. The zero-order chi connectivity index (χ0) is 25.8. The summed E-state index contributed by atoms with van der Waals surface area (Å²) >= 11 is 1.30. The first-order valence-electron chi connectivity index (χ1n) is 11.1. The molecule has 2 atom stereocenters. The first-order valence-corrected chi connectivity index (χ1v) is 12.0. The third-order valence-corrected chi connectivity index (χ3v) is 6.15. The van der Waals surface area contributed by atoms with Crippen LogP contribution in [0.1, 0.15) is 30.5 Å². The highest BCUT2D eigenvalue weighted by atomic mass is 32.1. The van der Waals surface area contributed by atoms with Gasteiger partial charge in [0.25, 0.3) is 0 Å². The second-order valence-corrected chi connectivity index (χ2v) is 9.14. The van der Waals surface area contributed by atoms with Crippen molar-refractivity contribution >= 4 is 29.3 Å². The summed E-state index contributed by atoms with van der Waals surface area (Å²) in [4.78, 5) is 35.1. The van der Waals surface area contributed by atoms with E-state index in [1.807, 2.05) is 0 Å². The fourth-order valence-electron chi connectivity index (χ4n) is 3.84. The van der Waals surface area contributed by atoms with Crippen LogP contribution in [0.4, 0.5) is 13.6 Å². The van der Waals surface area contributed by atoms with E-state index in [2.05, 4.69) is 15.3 Å². The number of aromatic nitrogens is 1. The molecule has 0 bridgehead atoms. The molecule has 0 unspecified atom stereocenters. The highest BCUT2D eigenvalue weighted by Gasteiger charge is 2.36. The molecule has 36 heavy (non-hydrogen) atoms. The molecule has 0 radical (unpaired) electrons. The maximum absolute atomic E-state index is 14.2. The topological polar surface area (TPSA) is 123 Å². The van der Waals surface area contributed by atoms with Crippen LogP contribution in [0, 0.1) is 11.6 Å². The zero-order valence-electron chi connectivity index (χ0n) is 19.4. The smallest absolute Gasteiger partial charge is 0.459 e. The second-order valence-electron chi connectivity index (χ2n) is 8.25. The highest BCUT2D eigenvalue weighted by molar-refractivity contribution is 7.11. The van der Waals surface area contributed by atoms with E-state index in [0.29, 0.717) is 29.7 Å². The minimum Gasteiger partial charge on any atom is -0.459 e. The second kappa shape index (κ2) is 11.1. The molecule has 2 N–H and O–H groups in total. The summed E-state index contributed by atoms with van der Waals surface area (Å²) in [5.74, 6) is -2.50. The SMILES string of the molecule is CC(C)OC(=O)C1=C(CN2CCOC[C@@H]2OC(=O)O)NC(c2nccs2)=N[C@H]1c1ccc(F)c(F)c1. The number of hydrogen-bond donors (Lipinski definition) is 2. The quantitative estimate of drug-likeness (QED) is 0.528. The van der Waals surface area contributed by atoms with Crippen LogP contribution in [-0.4, -0.2) is 71.6 Å². The van der Waals surface area contributed by atoms with E-state index in [9.17, 15) is 18.4 Å². The normalized spacial score (nSPS) is 20.6. The number of halogens is 2. The molecule has 1 fully saturated rings. The number of hydrogen-bond acceptors (Lipinski definition) is 10. The maximum atomic E-state index is 14.2. The van der Waals surface area contributed by atoms with Gasteiger partial charge in [-0.15, -0.1) is 11.3 Å². The van der Waals surface area contributed by atoms with E-state index in [4.69, 9.17) is 19.3 Å². The summed E-state index contributed by atoms with van der Waals surface area (Å²) in [6, 6.07) is 2.26. The molecule has 10 nitrogen and oxygen atoms in total. The van der Waals surface area contributed by atoms with Gasteiger partial charge in [0.05, 0.1) is 24.9 Å². The number of nitrogens with one attached hydrogen (secondary N) is 1. The molecule has 0 amide bonds. The number of carbonyl (C=O) groups excluding carboxylic acids is 1. The molecule has 0 spiro atoms. The molecule has 2 aromatic rings. The average Bonchev–Trinajstić information content (AvgIpc) is 3.36. The first kappa shape index (κ1) is 25.7. The standard InChI is InChI=1S/C23H24F2N4O6S/c1-12(2)34-22(30)18-16(10-29-6-7-33-11-17(29)35-23(31)32)27-20(21-26-5-8-36-21)28-19(18)13-3-4-14(24)15(25)9-13/h3-5,8-9,12,17,19H,6-7,10-11H2,1-2H3,(H,27,28)(H,31,32)/t17-,19-/m0/s1. The first-order chi connectivity index (χ1) is 17.2. The fourth-order valence-corrected chi connectivity index (χ4v) is 4.42. The minimum atomic E-state index is -1.47. The predicted molar refractivity (Wildman–Crippen MR) is 124 cm³/mol. The van der Waals surface area contributed by atoms with Crippen LogP contribution in [0.2, 0.25) is 0 Å². The van der Waals surface area contributed by atoms with E-state index in [1.165, 1.54) is 17.4 Å². The van der Waals surface area contributed by atoms with Crippen LogP contribution in [0.5, 0.6) is 0 Å². The molecule has 1 saturated heterocycles. The Balaban J connectivity index is 1.81. The number of thiazole rings is 1. The molecule has 2 aliphatic heterocycles. The third kappa shape index (κ3) is 5.86. The summed E-state index contributed by atoms with van der Waals surface area (Å²) in [5, 5.41) is 14.5. The van der Waals surface area contributed by atoms with Crippen molar-refractivity contribution in [3.63, 3.8) is 0 Å². The molecule has 4 rings (SSSR count). The lowest BCUT2D eigenvalue weighted by atomic mass is 9.95. The lowest BCUT2D eigenvalue weighted by Gasteiger charge is -2.36. The summed E-state index contributed by atoms with van der Waals surface area (Å²) in [5.41, 5.74) is 0.657. The molecular formula is C23H24F2N4O6S. The van der Waals surface area contributed by atoms with Crippen molar-refractivity contribution in [1.82, 2.24) is 15.2 Å². The Morgan fingerprint density at radius 3 is 2.81 bits per heavy atom. The molecule has 1 aromatic heterocycles.